The first kappa shape index (κ1) is 13.4. The standard InChI is InChI=1S/C13H16FN3O2/c1-17(8-10-6-13(15)16-19-10)7-9-3-4-12(18-2)11(14)5-9/h3-6H,7-8H2,1-2H3,(H2,15,16). The van der Waals surface area contributed by atoms with Gasteiger partial charge >= 0.3 is 0 Å². The van der Waals surface area contributed by atoms with Gasteiger partial charge in [-0.05, 0) is 24.7 Å². The maximum absolute atomic E-state index is 13.5. The Bertz CT molecular complexity index is 557. The van der Waals surface area contributed by atoms with Crippen molar-refractivity contribution in [2.45, 2.75) is 13.1 Å². The summed E-state index contributed by atoms with van der Waals surface area (Å²) in [6, 6.07) is 6.58. The molecule has 1 heterocycles. The summed E-state index contributed by atoms with van der Waals surface area (Å²) in [5.41, 5.74) is 6.33. The third kappa shape index (κ3) is 3.45. The van der Waals surface area contributed by atoms with Crippen LogP contribution in [0.5, 0.6) is 5.75 Å². The lowest BCUT2D eigenvalue weighted by Crippen LogP contribution is -2.17. The van der Waals surface area contributed by atoms with Crippen molar-refractivity contribution >= 4 is 5.82 Å². The third-order valence-electron chi connectivity index (χ3n) is 2.67. The number of hydrogen-bond acceptors (Lipinski definition) is 5. The molecule has 102 valence electrons. The largest absolute Gasteiger partial charge is 0.494 e. The van der Waals surface area contributed by atoms with Gasteiger partial charge in [0.05, 0.1) is 13.7 Å². The Morgan fingerprint density at radius 3 is 2.74 bits per heavy atom. The van der Waals surface area contributed by atoms with Gasteiger partial charge in [-0.2, -0.15) is 0 Å². The van der Waals surface area contributed by atoms with Gasteiger partial charge in [-0.15, -0.1) is 0 Å². The Morgan fingerprint density at radius 2 is 2.16 bits per heavy atom. The van der Waals surface area contributed by atoms with Gasteiger partial charge in [0.15, 0.2) is 23.1 Å². The first-order valence-corrected chi connectivity index (χ1v) is 5.80. The average molecular weight is 265 g/mol. The molecule has 0 atom stereocenters. The van der Waals surface area contributed by atoms with Crippen molar-refractivity contribution in [1.82, 2.24) is 10.1 Å². The molecule has 0 radical (unpaired) electrons. The molecule has 2 N–H and O–H groups in total. The summed E-state index contributed by atoms with van der Waals surface area (Å²) in [4.78, 5) is 1.97. The van der Waals surface area contributed by atoms with Crippen molar-refractivity contribution in [3.63, 3.8) is 0 Å². The van der Waals surface area contributed by atoms with Gasteiger partial charge in [-0.25, -0.2) is 4.39 Å². The van der Waals surface area contributed by atoms with Crippen LogP contribution in [-0.4, -0.2) is 24.2 Å². The fraction of sp³-hybridized carbons (Fsp3) is 0.308. The van der Waals surface area contributed by atoms with Crippen molar-refractivity contribution in [2.75, 3.05) is 19.9 Å². The fourth-order valence-electron chi connectivity index (χ4n) is 1.85. The first-order valence-electron chi connectivity index (χ1n) is 5.80. The van der Waals surface area contributed by atoms with E-state index in [1.54, 1.807) is 12.1 Å². The minimum atomic E-state index is -0.364. The number of nitrogens with zero attached hydrogens (tertiary/aromatic N) is 2. The maximum atomic E-state index is 13.5. The molecule has 0 unspecified atom stereocenters. The van der Waals surface area contributed by atoms with Gasteiger partial charge < -0.3 is 15.0 Å². The molecular weight excluding hydrogens is 249 g/mol. The van der Waals surface area contributed by atoms with E-state index < -0.39 is 0 Å². The highest BCUT2D eigenvalue weighted by atomic mass is 19.1. The van der Waals surface area contributed by atoms with Crippen LogP contribution >= 0.6 is 0 Å². The van der Waals surface area contributed by atoms with E-state index in [0.717, 1.165) is 5.56 Å². The second-order valence-electron chi connectivity index (χ2n) is 4.36. The topological polar surface area (TPSA) is 64.5 Å². The van der Waals surface area contributed by atoms with Crippen molar-refractivity contribution in [2.24, 2.45) is 0 Å². The van der Waals surface area contributed by atoms with Crippen molar-refractivity contribution < 1.29 is 13.7 Å². The highest BCUT2D eigenvalue weighted by Gasteiger charge is 2.08. The highest BCUT2D eigenvalue weighted by molar-refractivity contribution is 5.29. The lowest BCUT2D eigenvalue weighted by molar-refractivity contribution is 0.266. The number of ether oxygens (including phenoxy) is 1. The molecule has 0 fully saturated rings. The van der Waals surface area contributed by atoms with E-state index in [9.17, 15) is 4.39 Å². The van der Waals surface area contributed by atoms with E-state index >= 15 is 0 Å². The molecule has 0 aliphatic carbocycles. The molecule has 0 aliphatic rings. The molecule has 0 amide bonds. The van der Waals surface area contributed by atoms with Crippen LogP contribution in [0.1, 0.15) is 11.3 Å². The molecule has 2 aromatic rings. The predicted molar refractivity (Wildman–Crippen MR) is 69.0 cm³/mol. The van der Waals surface area contributed by atoms with Crippen LogP contribution in [0, 0.1) is 5.82 Å². The van der Waals surface area contributed by atoms with Gasteiger partial charge in [-0.3, -0.25) is 4.90 Å². The molecule has 6 heteroatoms. The second-order valence-corrected chi connectivity index (χ2v) is 4.36. The number of hydrogen-bond donors (Lipinski definition) is 1. The zero-order chi connectivity index (χ0) is 13.8. The zero-order valence-electron chi connectivity index (χ0n) is 10.9. The molecule has 0 saturated heterocycles. The van der Waals surface area contributed by atoms with Crippen molar-refractivity contribution in [1.29, 1.82) is 0 Å². The maximum Gasteiger partial charge on any atom is 0.167 e. The molecule has 19 heavy (non-hydrogen) atoms. The lowest BCUT2D eigenvalue weighted by Gasteiger charge is -2.15. The third-order valence-corrected chi connectivity index (χ3v) is 2.67. The number of halogens is 1. The van der Waals surface area contributed by atoms with Gasteiger partial charge in [0.2, 0.25) is 0 Å². The van der Waals surface area contributed by atoms with Gasteiger partial charge in [0.1, 0.15) is 0 Å². The van der Waals surface area contributed by atoms with Crippen LogP contribution in [0.3, 0.4) is 0 Å². The zero-order valence-corrected chi connectivity index (χ0v) is 10.9. The van der Waals surface area contributed by atoms with Crippen LogP contribution in [0.25, 0.3) is 0 Å². The molecule has 2 rings (SSSR count). The molecule has 5 nitrogen and oxygen atoms in total. The average Bonchev–Trinajstić information content (AvgIpc) is 2.74. The van der Waals surface area contributed by atoms with Crippen LogP contribution in [0.2, 0.25) is 0 Å². The smallest absolute Gasteiger partial charge is 0.167 e. The molecule has 0 aliphatic heterocycles. The van der Waals surface area contributed by atoms with Crippen molar-refractivity contribution in [3.05, 3.63) is 41.4 Å². The van der Waals surface area contributed by atoms with E-state index in [1.165, 1.54) is 13.2 Å². The fourth-order valence-corrected chi connectivity index (χ4v) is 1.85. The Labute approximate surface area is 110 Å². The number of aromatic nitrogens is 1. The van der Waals surface area contributed by atoms with Crippen molar-refractivity contribution in [3.8, 4) is 5.75 Å². The van der Waals surface area contributed by atoms with E-state index in [-0.39, 0.29) is 11.6 Å². The monoisotopic (exact) mass is 265 g/mol. The number of benzene rings is 1. The normalized spacial score (nSPS) is 10.9. The van der Waals surface area contributed by atoms with E-state index in [1.807, 2.05) is 18.0 Å². The van der Waals surface area contributed by atoms with Crippen LogP contribution in [-0.2, 0) is 13.1 Å². The minimum Gasteiger partial charge on any atom is -0.494 e. The molecular formula is C13H16FN3O2. The Hall–Kier alpha value is -2.08. The molecule has 0 spiro atoms. The van der Waals surface area contributed by atoms with Gasteiger partial charge in [0.25, 0.3) is 0 Å². The van der Waals surface area contributed by atoms with Crippen LogP contribution in [0.4, 0.5) is 10.2 Å². The molecule has 1 aromatic carbocycles. The van der Waals surface area contributed by atoms with E-state index in [4.69, 9.17) is 15.0 Å². The van der Waals surface area contributed by atoms with Crippen LogP contribution < -0.4 is 10.5 Å². The van der Waals surface area contributed by atoms with E-state index in [0.29, 0.717) is 24.7 Å². The summed E-state index contributed by atoms with van der Waals surface area (Å²) in [6.45, 7) is 1.14. The highest BCUT2D eigenvalue weighted by Crippen LogP contribution is 2.19. The quantitative estimate of drug-likeness (QED) is 0.896. The minimum absolute atomic E-state index is 0.245. The van der Waals surface area contributed by atoms with E-state index in [2.05, 4.69) is 5.16 Å². The summed E-state index contributed by atoms with van der Waals surface area (Å²) in [5.74, 6) is 0.916. The lowest BCUT2D eigenvalue weighted by atomic mass is 10.2. The summed E-state index contributed by atoms with van der Waals surface area (Å²) in [6.07, 6.45) is 0. The van der Waals surface area contributed by atoms with Crippen LogP contribution in [0.15, 0.2) is 28.8 Å². The number of nitrogen functional groups attached to an aromatic ring is 1. The predicted octanol–water partition coefficient (Wildman–Crippen LogP) is 2.04. The first-order chi connectivity index (χ1) is 9.08. The Kier molecular flexibility index (Phi) is 4.01. The molecule has 1 aromatic heterocycles. The number of nitrogens with two attached hydrogens (primary N) is 1. The van der Waals surface area contributed by atoms with Gasteiger partial charge in [0, 0.05) is 12.6 Å². The number of anilines is 1. The second kappa shape index (κ2) is 5.71. The summed E-state index contributed by atoms with van der Waals surface area (Å²) in [7, 11) is 3.35. The Morgan fingerprint density at radius 1 is 1.37 bits per heavy atom. The number of rotatable bonds is 5. The summed E-state index contributed by atoms with van der Waals surface area (Å²) in [5, 5.41) is 3.61. The Balaban J connectivity index is 1.98. The molecule has 0 saturated carbocycles. The number of methoxy groups -OCH3 is 1. The summed E-state index contributed by atoms with van der Waals surface area (Å²) >= 11 is 0. The van der Waals surface area contributed by atoms with Gasteiger partial charge in [-0.1, -0.05) is 11.2 Å². The summed E-state index contributed by atoms with van der Waals surface area (Å²) < 4.78 is 23.4. The SMILES string of the molecule is COc1ccc(CN(C)Cc2cc(N)no2)cc1F. The molecule has 0 bridgehead atoms.